The van der Waals surface area contributed by atoms with Crippen LogP contribution in [0.1, 0.15) is 74.6 Å². The third-order valence-electron chi connectivity index (χ3n) is 6.98. The van der Waals surface area contributed by atoms with Gasteiger partial charge in [0.25, 0.3) is 0 Å². The zero-order valence-electron chi connectivity index (χ0n) is 18.6. The molecule has 6 heteroatoms. The summed E-state index contributed by atoms with van der Waals surface area (Å²) < 4.78 is 0. The number of carbonyl (C=O) groups is 3. The number of likely N-dealkylation sites (N-methyl/N-ethyl adjacent to an activating group) is 1. The van der Waals surface area contributed by atoms with E-state index in [0.717, 1.165) is 38.5 Å². The van der Waals surface area contributed by atoms with Gasteiger partial charge in [0.1, 0.15) is 0 Å². The van der Waals surface area contributed by atoms with Crippen molar-refractivity contribution in [2.75, 3.05) is 13.6 Å². The number of benzene rings is 1. The minimum atomic E-state index is -0.978. The average Bonchev–Trinajstić information content (AvgIpc) is 2.79. The van der Waals surface area contributed by atoms with E-state index in [9.17, 15) is 19.5 Å². The van der Waals surface area contributed by atoms with Crippen molar-refractivity contribution in [2.24, 2.45) is 17.8 Å². The molecule has 6 nitrogen and oxygen atoms in total. The summed E-state index contributed by atoms with van der Waals surface area (Å²) in [6, 6.07) is 9.14. The van der Waals surface area contributed by atoms with Crippen molar-refractivity contribution in [3.63, 3.8) is 0 Å². The van der Waals surface area contributed by atoms with Crippen LogP contribution < -0.4 is 5.32 Å². The predicted molar refractivity (Wildman–Crippen MR) is 120 cm³/mol. The molecular weight excluding hydrogens is 392 g/mol. The SMILES string of the molecule is CN(CC(CC1CCCCC1)NC(=O)C1CCCC(C(=O)c2ccccc2)C1)C(=O)O. The Hall–Kier alpha value is -2.37. The second-order valence-corrected chi connectivity index (χ2v) is 9.40. The predicted octanol–water partition coefficient (Wildman–Crippen LogP) is 4.74. The Morgan fingerprint density at radius 1 is 1.00 bits per heavy atom. The van der Waals surface area contributed by atoms with Crippen LogP contribution in [0.5, 0.6) is 0 Å². The average molecular weight is 429 g/mol. The maximum Gasteiger partial charge on any atom is 0.407 e. The van der Waals surface area contributed by atoms with Crippen LogP contribution in [-0.4, -0.2) is 47.4 Å². The molecule has 170 valence electrons. The van der Waals surface area contributed by atoms with Gasteiger partial charge in [-0.05, 0) is 31.6 Å². The van der Waals surface area contributed by atoms with Gasteiger partial charge in [0.2, 0.25) is 5.91 Å². The lowest BCUT2D eigenvalue weighted by atomic mass is 9.77. The van der Waals surface area contributed by atoms with E-state index in [1.807, 2.05) is 30.3 Å². The van der Waals surface area contributed by atoms with Gasteiger partial charge >= 0.3 is 6.09 Å². The number of hydrogen-bond acceptors (Lipinski definition) is 3. The summed E-state index contributed by atoms with van der Waals surface area (Å²) >= 11 is 0. The minimum Gasteiger partial charge on any atom is -0.465 e. The van der Waals surface area contributed by atoms with Gasteiger partial charge in [-0.2, -0.15) is 0 Å². The number of ketones is 1. The molecule has 0 saturated heterocycles. The summed E-state index contributed by atoms with van der Waals surface area (Å²) in [5.74, 6) is 0.341. The number of nitrogens with one attached hydrogen (secondary N) is 1. The Morgan fingerprint density at radius 3 is 2.35 bits per heavy atom. The van der Waals surface area contributed by atoms with E-state index >= 15 is 0 Å². The molecule has 31 heavy (non-hydrogen) atoms. The van der Waals surface area contributed by atoms with Crippen molar-refractivity contribution >= 4 is 17.8 Å². The molecule has 2 aliphatic rings. The fourth-order valence-electron chi connectivity index (χ4n) is 5.24. The molecule has 2 aliphatic carbocycles. The van der Waals surface area contributed by atoms with E-state index in [4.69, 9.17) is 0 Å². The first-order valence-electron chi connectivity index (χ1n) is 11.8. The Kier molecular flexibility index (Phi) is 8.50. The Bertz CT molecular complexity index is 745. The number of carbonyl (C=O) groups excluding carboxylic acids is 2. The Balaban J connectivity index is 1.61. The molecule has 3 unspecified atom stereocenters. The number of carboxylic acid groups (broad SMARTS) is 1. The summed E-state index contributed by atoms with van der Waals surface area (Å²) in [4.78, 5) is 38.6. The molecule has 3 rings (SSSR count). The molecule has 2 N–H and O–H groups in total. The molecule has 3 atom stereocenters. The van der Waals surface area contributed by atoms with E-state index in [0.29, 0.717) is 24.4 Å². The van der Waals surface area contributed by atoms with E-state index in [-0.39, 0.29) is 29.6 Å². The lowest BCUT2D eigenvalue weighted by molar-refractivity contribution is -0.127. The fourth-order valence-corrected chi connectivity index (χ4v) is 5.24. The van der Waals surface area contributed by atoms with Crippen LogP contribution in [0.4, 0.5) is 4.79 Å². The van der Waals surface area contributed by atoms with Crippen LogP contribution in [0.15, 0.2) is 30.3 Å². The number of Topliss-reactive ketones (excluding diaryl/α,β-unsaturated/α-hetero) is 1. The molecule has 0 aromatic heterocycles. The van der Waals surface area contributed by atoms with Gasteiger partial charge in [-0.25, -0.2) is 4.79 Å². The fraction of sp³-hybridized carbons (Fsp3) is 0.640. The maximum absolute atomic E-state index is 13.1. The van der Waals surface area contributed by atoms with Crippen molar-refractivity contribution in [2.45, 2.75) is 70.3 Å². The standard InChI is InChI=1S/C25H36N2O4/c1-27(25(30)31)17-22(15-18-9-4-2-5-10-18)26-24(29)21-14-8-13-20(16-21)23(28)19-11-6-3-7-12-19/h3,6-7,11-12,18,20-22H,2,4-5,8-10,13-17H2,1H3,(H,26,29)(H,30,31). The summed E-state index contributed by atoms with van der Waals surface area (Å²) in [6.45, 7) is 0.302. The number of amides is 2. The zero-order chi connectivity index (χ0) is 22.2. The minimum absolute atomic E-state index is 0.0230. The number of nitrogens with zero attached hydrogens (tertiary/aromatic N) is 1. The normalized spacial score (nSPS) is 23.0. The molecule has 0 bridgehead atoms. The first kappa shape index (κ1) is 23.3. The largest absolute Gasteiger partial charge is 0.465 e. The van der Waals surface area contributed by atoms with E-state index in [1.165, 1.54) is 24.2 Å². The highest BCUT2D eigenvalue weighted by atomic mass is 16.4. The molecule has 2 amide bonds. The molecule has 0 aliphatic heterocycles. The van der Waals surface area contributed by atoms with Crippen LogP contribution in [0.25, 0.3) is 0 Å². The van der Waals surface area contributed by atoms with Gasteiger partial charge in [0, 0.05) is 37.0 Å². The first-order chi connectivity index (χ1) is 14.9. The van der Waals surface area contributed by atoms with Crippen molar-refractivity contribution in [3.8, 4) is 0 Å². The van der Waals surface area contributed by atoms with Gasteiger partial charge in [-0.15, -0.1) is 0 Å². The summed E-state index contributed by atoms with van der Waals surface area (Å²) in [7, 11) is 1.55. The maximum atomic E-state index is 13.1. The van der Waals surface area contributed by atoms with Crippen LogP contribution in [-0.2, 0) is 4.79 Å². The molecule has 2 fully saturated rings. The summed E-state index contributed by atoms with van der Waals surface area (Å²) in [5, 5.41) is 12.5. The molecular formula is C25H36N2O4. The second-order valence-electron chi connectivity index (χ2n) is 9.40. The monoisotopic (exact) mass is 428 g/mol. The highest BCUT2D eigenvalue weighted by molar-refractivity contribution is 5.98. The van der Waals surface area contributed by atoms with Crippen molar-refractivity contribution in [1.82, 2.24) is 10.2 Å². The van der Waals surface area contributed by atoms with Crippen molar-refractivity contribution in [3.05, 3.63) is 35.9 Å². The molecule has 1 aromatic carbocycles. The summed E-state index contributed by atoms with van der Waals surface area (Å²) in [5.41, 5.74) is 0.715. The lowest BCUT2D eigenvalue weighted by Gasteiger charge is -2.32. The highest BCUT2D eigenvalue weighted by Crippen LogP contribution is 2.32. The highest BCUT2D eigenvalue weighted by Gasteiger charge is 2.33. The van der Waals surface area contributed by atoms with Gasteiger partial charge in [0.15, 0.2) is 5.78 Å². The van der Waals surface area contributed by atoms with E-state index in [2.05, 4.69) is 5.32 Å². The summed E-state index contributed by atoms with van der Waals surface area (Å²) in [6.07, 6.45) is 8.89. The van der Waals surface area contributed by atoms with Gasteiger partial charge in [-0.3, -0.25) is 9.59 Å². The van der Waals surface area contributed by atoms with Gasteiger partial charge < -0.3 is 15.3 Å². The van der Waals surface area contributed by atoms with E-state index < -0.39 is 6.09 Å². The smallest absolute Gasteiger partial charge is 0.407 e. The topological polar surface area (TPSA) is 86.7 Å². The van der Waals surface area contributed by atoms with Crippen LogP contribution in [0.2, 0.25) is 0 Å². The molecule has 1 aromatic rings. The molecule has 2 saturated carbocycles. The van der Waals surface area contributed by atoms with Crippen molar-refractivity contribution in [1.29, 1.82) is 0 Å². The lowest BCUT2D eigenvalue weighted by Crippen LogP contribution is -2.47. The molecule has 0 heterocycles. The van der Waals surface area contributed by atoms with Crippen molar-refractivity contribution < 1.29 is 19.5 Å². The van der Waals surface area contributed by atoms with E-state index in [1.54, 1.807) is 7.05 Å². The molecule has 0 spiro atoms. The number of hydrogen-bond donors (Lipinski definition) is 2. The van der Waals surface area contributed by atoms with Crippen LogP contribution >= 0.6 is 0 Å². The van der Waals surface area contributed by atoms with Crippen LogP contribution in [0.3, 0.4) is 0 Å². The van der Waals surface area contributed by atoms with Gasteiger partial charge in [0.05, 0.1) is 0 Å². The third kappa shape index (κ3) is 6.81. The van der Waals surface area contributed by atoms with Gasteiger partial charge in [-0.1, -0.05) is 68.9 Å². The third-order valence-corrected chi connectivity index (χ3v) is 6.98. The Morgan fingerprint density at radius 2 is 1.68 bits per heavy atom. The Labute approximate surface area is 185 Å². The van der Waals surface area contributed by atoms with Crippen LogP contribution in [0, 0.1) is 17.8 Å². The molecule has 0 radical (unpaired) electrons. The second kappa shape index (κ2) is 11.3. The first-order valence-corrected chi connectivity index (χ1v) is 11.8. The number of rotatable bonds is 8. The quantitative estimate of drug-likeness (QED) is 0.586. The zero-order valence-corrected chi connectivity index (χ0v) is 18.6.